The molecule has 0 unspecified atom stereocenters. The second-order valence-corrected chi connectivity index (χ2v) is 4.65. The van der Waals surface area contributed by atoms with Crippen LogP contribution in [0.15, 0.2) is 12.1 Å². The van der Waals surface area contributed by atoms with Crippen LogP contribution in [-0.4, -0.2) is 30.4 Å². The molecule has 0 atom stereocenters. The highest BCUT2D eigenvalue weighted by molar-refractivity contribution is 5.81. The molecule has 104 valence electrons. The van der Waals surface area contributed by atoms with E-state index in [1.54, 1.807) is 4.90 Å². The van der Waals surface area contributed by atoms with Crippen molar-refractivity contribution in [3.8, 4) is 0 Å². The molecule has 4 nitrogen and oxygen atoms in total. The van der Waals surface area contributed by atoms with Gasteiger partial charge in [-0.05, 0) is 31.4 Å². The lowest BCUT2D eigenvalue weighted by atomic mass is 10.1. The number of amides is 1. The monoisotopic (exact) mass is 269 g/mol. The van der Waals surface area contributed by atoms with Crippen LogP contribution in [0.4, 0.5) is 20.2 Å². The lowest BCUT2D eigenvalue weighted by Gasteiger charge is -2.27. The number of anilines is 2. The number of nitrogen functional groups attached to an aromatic ring is 1. The minimum absolute atomic E-state index is 0.0166. The largest absolute Gasteiger partial charge is 0.399 e. The second-order valence-electron chi connectivity index (χ2n) is 4.65. The zero-order valence-electron chi connectivity index (χ0n) is 10.6. The molecule has 6 heteroatoms. The molecule has 1 fully saturated rings. The van der Waals surface area contributed by atoms with Gasteiger partial charge in [0, 0.05) is 18.8 Å². The summed E-state index contributed by atoms with van der Waals surface area (Å²) in [5.41, 5.74) is 5.03. The molecule has 3 N–H and O–H groups in total. The Hall–Kier alpha value is -1.85. The number of hydrogen-bond acceptors (Lipinski definition) is 3. The average Bonchev–Trinajstić information content (AvgIpc) is 2.38. The fraction of sp³-hybridized carbons (Fsp3) is 0.462. The molecule has 1 aromatic rings. The zero-order chi connectivity index (χ0) is 13.8. The summed E-state index contributed by atoms with van der Waals surface area (Å²) in [6.45, 7) is 1.32. The SMILES string of the molecule is Nc1cc(F)c(NCC(=O)N2CCCCC2)c(F)c1. The van der Waals surface area contributed by atoms with Gasteiger partial charge in [0.2, 0.25) is 5.91 Å². The first kappa shape index (κ1) is 13.6. The van der Waals surface area contributed by atoms with Gasteiger partial charge in [0.15, 0.2) is 11.6 Å². The average molecular weight is 269 g/mol. The number of piperidine rings is 1. The van der Waals surface area contributed by atoms with Crippen LogP contribution < -0.4 is 11.1 Å². The van der Waals surface area contributed by atoms with E-state index in [2.05, 4.69) is 5.32 Å². The number of likely N-dealkylation sites (tertiary alicyclic amines) is 1. The smallest absolute Gasteiger partial charge is 0.241 e. The van der Waals surface area contributed by atoms with Crippen molar-refractivity contribution in [3.05, 3.63) is 23.8 Å². The van der Waals surface area contributed by atoms with Crippen molar-refractivity contribution in [3.63, 3.8) is 0 Å². The van der Waals surface area contributed by atoms with Crippen molar-refractivity contribution in [2.45, 2.75) is 19.3 Å². The summed E-state index contributed by atoms with van der Waals surface area (Å²) in [5.74, 6) is -1.72. The fourth-order valence-electron chi connectivity index (χ4n) is 2.18. The quantitative estimate of drug-likeness (QED) is 0.825. The summed E-state index contributed by atoms with van der Waals surface area (Å²) in [4.78, 5) is 13.6. The topological polar surface area (TPSA) is 58.4 Å². The van der Waals surface area contributed by atoms with Crippen molar-refractivity contribution in [2.24, 2.45) is 0 Å². The van der Waals surface area contributed by atoms with E-state index in [4.69, 9.17) is 5.73 Å². The lowest BCUT2D eigenvalue weighted by molar-refractivity contribution is -0.130. The molecular formula is C13H17F2N3O. The van der Waals surface area contributed by atoms with Gasteiger partial charge in [0.25, 0.3) is 0 Å². The molecule has 0 radical (unpaired) electrons. The third kappa shape index (κ3) is 3.33. The molecule has 1 aliphatic heterocycles. The van der Waals surface area contributed by atoms with Gasteiger partial charge in [-0.2, -0.15) is 0 Å². The predicted molar refractivity (Wildman–Crippen MR) is 69.7 cm³/mol. The number of halogens is 2. The standard InChI is InChI=1S/C13H17F2N3O/c14-10-6-9(16)7-11(15)13(10)17-8-12(19)18-4-2-1-3-5-18/h6-7,17H,1-5,8,16H2. The maximum atomic E-state index is 13.5. The van der Waals surface area contributed by atoms with Gasteiger partial charge in [-0.15, -0.1) is 0 Å². The molecule has 0 bridgehead atoms. The van der Waals surface area contributed by atoms with Gasteiger partial charge in [-0.3, -0.25) is 4.79 Å². The number of carbonyl (C=O) groups is 1. The Kier molecular flexibility index (Phi) is 4.19. The highest BCUT2D eigenvalue weighted by Crippen LogP contribution is 2.21. The number of nitrogens with one attached hydrogen (secondary N) is 1. The highest BCUT2D eigenvalue weighted by Gasteiger charge is 2.17. The number of rotatable bonds is 3. The maximum absolute atomic E-state index is 13.5. The molecule has 0 spiro atoms. The van der Waals surface area contributed by atoms with E-state index < -0.39 is 11.6 Å². The Morgan fingerprint density at radius 1 is 1.21 bits per heavy atom. The van der Waals surface area contributed by atoms with Crippen LogP contribution >= 0.6 is 0 Å². The van der Waals surface area contributed by atoms with Gasteiger partial charge < -0.3 is 16.0 Å². The summed E-state index contributed by atoms with van der Waals surface area (Å²) < 4.78 is 27.0. The third-order valence-corrected chi connectivity index (χ3v) is 3.19. The van der Waals surface area contributed by atoms with Crippen molar-refractivity contribution in [2.75, 3.05) is 30.7 Å². The molecule has 0 aliphatic carbocycles. The van der Waals surface area contributed by atoms with Crippen molar-refractivity contribution in [1.29, 1.82) is 0 Å². The Bertz CT molecular complexity index is 450. The van der Waals surface area contributed by atoms with Crippen LogP contribution in [0.2, 0.25) is 0 Å². The van der Waals surface area contributed by atoms with E-state index >= 15 is 0 Å². The first-order valence-corrected chi connectivity index (χ1v) is 6.34. The number of nitrogens with two attached hydrogens (primary N) is 1. The summed E-state index contributed by atoms with van der Waals surface area (Å²) in [6, 6.07) is 2.05. The highest BCUT2D eigenvalue weighted by atomic mass is 19.1. The lowest BCUT2D eigenvalue weighted by Crippen LogP contribution is -2.39. The molecule has 2 rings (SSSR count). The van der Waals surface area contributed by atoms with E-state index in [1.165, 1.54) is 0 Å². The minimum Gasteiger partial charge on any atom is -0.399 e. The summed E-state index contributed by atoms with van der Waals surface area (Å²) in [6.07, 6.45) is 3.09. The molecule has 1 saturated heterocycles. The van der Waals surface area contributed by atoms with Gasteiger partial charge >= 0.3 is 0 Å². The van der Waals surface area contributed by atoms with Crippen LogP contribution in [-0.2, 0) is 4.79 Å². The molecule has 1 amide bonds. The van der Waals surface area contributed by atoms with E-state index in [-0.39, 0.29) is 23.8 Å². The van der Waals surface area contributed by atoms with Crippen LogP contribution in [0.25, 0.3) is 0 Å². The Labute approximate surface area is 110 Å². The minimum atomic E-state index is -0.788. The van der Waals surface area contributed by atoms with Crippen LogP contribution in [0.3, 0.4) is 0 Å². The van der Waals surface area contributed by atoms with Crippen LogP contribution in [0, 0.1) is 11.6 Å². The summed E-state index contributed by atoms with van der Waals surface area (Å²) >= 11 is 0. The first-order chi connectivity index (χ1) is 9.08. The van der Waals surface area contributed by atoms with Gasteiger partial charge in [-0.1, -0.05) is 0 Å². The number of carbonyl (C=O) groups excluding carboxylic acids is 1. The van der Waals surface area contributed by atoms with E-state index in [9.17, 15) is 13.6 Å². The predicted octanol–water partition coefficient (Wildman–Crippen LogP) is 1.97. The number of benzene rings is 1. The van der Waals surface area contributed by atoms with Gasteiger partial charge in [-0.25, -0.2) is 8.78 Å². The molecule has 1 aromatic carbocycles. The van der Waals surface area contributed by atoms with E-state index in [1.807, 2.05) is 0 Å². The molecule has 19 heavy (non-hydrogen) atoms. The summed E-state index contributed by atoms with van der Waals surface area (Å²) in [5, 5.41) is 2.51. The Balaban J connectivity index is 1.96. The van der Waals surface area contributed by atoms with Crippen molar-refractivity contribution >= 4 is 17.3 Å². The van der Waals surface area contributed by atoms with E-state index in [0.717, 1.165) is 31.4 Å². The molecule has 0 saturated carbocycles. The van der Waals surface area contributed by atoms with Crippen LogP contribution in [0.1, 0.15) is 19.3 Å². The normalized spacial score (nSPS) is 15.4. The van der Waals surface area contributed by atoms with Crippen LogP contribution in [0.5, 0.6) is 0 Å². The molecule has 1 aliphatic rings. The van der Waals surface area contributed by atoms with Crippen molar-refractivity contribution < 1.29 is 13.6 Å². The zero-order valence-corrected chi connectivity index (χ0v) is 10.6. The first-order valence-electron chi connectivity index (χ1n) is 6.34. The van der Waals surface area contributed by atoms with E-state index in [0.29, 0.717) is 13.1 Å². The Morgan fingerprint density at radius 3 is 2.37 bits per heavy atom. The molecule has 0 aromatic heterocycles. The number of nitrogens with zero attached hydrogens (tertiary/aromatic N) is 1. The molecular weight excluding hydrogens is 252 g/mol. The van der Waals surface area contributed by atoms with Gasteiger partial charge in [0.05, 0.1) is 6.54 Å². The van der Waals surface area contributed by atoms with Gasteiger partial charge in [0.1, 0.15) is 5.69 Å². The molecule has 1 heterocycles. The fourth-order valence-corrected chi connectivity index (χ4v) is 2.18. The number of hydrogen-bond donors (Lipinski definition) is 2. The van der Waals surface area contributed by atoms with Crippen molar-refractivity contribution in [1.82, 2.24) is 4.90 Å². The third-order valence-electron chi connectivity index (χ3n) is 3.19. The Morgan fingerprint density at radius 2 is 1.79 bits per heavy atom. The maximum Gasteiger partial charge on any atom is 0.241 e. The summed E-state index contributed by atoms with van der Waals surface area (Å²) in [7, 11) is 0. The second kappa shape index (κ2) is 5.86.